The van der Waals surface area contributed by atoms with Gasteiger partial charge in [0.1, 0.15) is 5.75 Å². The van der Waals surface area contributed by atoms with Crippen molar-refractivity contribution in [2.45, 2.75) is 39.0 Å². The van der Waals surface area contributed by atoms with Gasteiger partial charge in [-0.2, -0.15) is 0 Å². The summed E-state index contributed by atoms with van der Waals surface area (Å²) in [4.78, 5) is 50.0. The number of amides is 4. The van der Waals surface area contributed by atoms with E-state index in [2.05, 4.69) is 10.9 Å². The number of rotatable bonds is 6. The van der Waals surface area contributed by atoms with Crippen molar-refractivity contribution in [2.75, 3.05) is 13.2 Å². The van der Waals surface area contributed by atoms with Gasteiger partial charge in [-0.3, -0.25) is 34.9 Å². The Balaban J connectivity index is 1.45. The van der Waals surface area contributed by atoms with E-state index >= 15 is 0 Å². The van der Waals surface area contributed by atoms with Gasteiger partial charge in [0.15, 0.2) is 0 Å². The topological polar surface area (TPSA) is 105 Å². The molecule has 3 rings (SSSR count). The number of hydrazine groups is 1. The van der Waals surface area contributed by atoms with E-state index in [-0.39, 0.29) is 36.6 Å². The molecular weight excluding hydrogens is 362 g/mol. The van der Waals surface area contributed by atoms with Crippen LogP contribution in [0.2, 0.25) is 0 Å². The largest absolute Gasteiger partial charge is 0.494 e. The molecular formula is C20H25N3O5. The number of hydrogen-bond donors (Lipinski definition) is 2. The SMILES string of the molecule is CCOc1ccc(C(=O)NNC(=O)CCN2C(=O)[C@H]3CCCC[C@H]3C2=O)cc1. The van der Waals surface area contributed by atoms with Crippen LogP contribution in [0.15, 0.2) is 24.3 Å². The second-order valence-corrected chi connectivity index (χ2v) is 7.04. The van der Waals surface area contributed by atoms with Gasteiger partial charge in [0.05, 0.1) is 18.4 Å². The maximum Gasteiger partial charge on any atom is 0.269 e. The molecule has 4 amide bonds. The van der Waals surface area contributed by atoms with E-state index in [4.69, 9.17) is 4.74 Å². The van der Waals surface area contributed by atoms with E-state index in [0.29, 0.717) is 17.9 Å². The minimum absolute atomic E-state index is 0.0371. The molecule has 0 aromatic heterocycles. The van der Waals surface area contributed by atoms with Crippen LogP contribution >= 0.6 is 0 Å². The van der Waals surface area contributed by atoms with E-state index < -0.39 is 11.8 Å². The van der Waals surface area contributed by atoms with Gasteiger partial charge in [-0.05, 0) is 44.0 Å². The van der Waals surface area contributed by atoms with Crippen molar-refractivity contribution in [1.29, 1.82) is 0 Å². The predicted molar refractivity (Wildman–Crippen MR) is 100 cm³/mol. The molecule has 1 aromatic rings. The summed E-state index contributed by atoms with van der Waals surface area (Å²) in [6.07, 6.45) is 3.37. The fraction of sp³-hybridized carbons (Fsp3) is 0.500. The molecule has 0 radical (unpaired) electrons. The zero-order valence-electron chi connectivity index (χ0n) is 15.9. The van der Waals surface area contributed by atoms with Gasteiger partial charge in [-0.25, -0.2) is 0 Å². The first-order valence-electron chi connectivity index (χ1n) is 9.68. The van der Waals surface area contributed by atoms with Crippen LogP contribution in [0.5, 0.6) is 5.75 Å². The second kappa shape index (κ2) is 8.86. The quantitative estimate of drug-likeness (QED) is 0.567. The van der Waals surface area contributed by atoms with Gasteiger partial charge in [-0.1, -0.05) is 12.8 Å². The molecule has 0 bridgehead atoms. The van der Waals surface area contributed by atoms with E-state index in [1.165, 1.54) is 4.90 Å². The molecule has 2 aliphatic rings. The fourth-order valence-electron chi connectivity index (χ4n) is 3.80. The minimum Gasteiger partial charge on any atom is -0.494 e. The lowest BCUT2D eigenvalue weighted by atomic mass is 9.81. The Morgan fingerprint density at radius 2 is 1.64 bits per heavy atom. The third-order valence-electron chi connectivity index (χ3n) is 5.24. The van der Waals surface area contributed by atoms with Crippen molar-refractivity contribution in [3.05, 3.63) is 29.8 Å². The molecule has 8 nitrogen and oxygen atoms in total. The van der Waals surface area contributed by atoms with Crippen molar-refractivity contribution >= 4 is 23.6 Å². The highest BCUT2D eigenvalue weighted by molar-refractivity contribution is 6.05. The molecule has 1 aliphatic carbocycles. The molecule has 2 N–H and O–H groups in total. The summed E-state index contributed by atoms with van der Waals surface area (Å²) in [6, 6.07) is 6.53. The van der Waals surface area contributed by atoms with Gasteiger partial charge in [0, 0.05) is 18.5 Å². The van der Waals surface area contributed by atoms with Gasteiger partial charge in [0.25, 0.3) is 5.91 Å². The number of fused-ring (bicyclic) bond motifs is 1. The number of nitrogens with zero attached hydrogens (tertiary/aromatic N) is 1. The average molecular weight is 387 g/mol. The number of carbonyl (C=O) groups is 4. The first-order chi connectivity index (χ1) is 13.5. The molecule has 1 saturated carbocycles. The van der Waals surface area contributed by atoms with E-state index in [0.717, 1.165) is 25.7 Å². The number of nitrogens with one attached hydrogen (secondary N) is 2. The summed E-state index contributed by atoms with van der Waals surface area (Å²) < 4.78 is 5.31. The smallest absolute Gasteiger partial charge is 0.269 e. The van der Waals surface area contributed by atoms with Crippen LogP contribution in [-0.2, 0) is 14.4 Å². The Bertz CT molecular complexity index is 738. The molecule has 150 valence electrons. The van der Waals surface area contributed by atoms with Gasteiger partial charge >= 0.3 is 0 Å². The molecule has 0 unspecified atom stereocenters. The van der Waals surface area contributed by atoms with Crippen molar-refractivity contribution < 1.29 is 23.9 Å². The molecule has 1 saturated heterocycles. The number of hydrogen-bond acceptors (Lipinski definition) is 5. The van der Waals surface area contributed by atoms with Crippen LogP contribution in [0.4, 0.5) is 0 Å². The number of benzene rings is 1. The molecule has 1 aromatic carbocycles. The van der Waals surface area contributed by atoms with Crippen LogP contribution in [0.1, 0.15) is 49.4 Å². The molecule has 1 aliphatic heterocycles. The third-order valence-corrected chi connectivity index (χ3v) is 5.24. The first-order valence-corrected chi connectivity index (χ1v) is 9.68. The molecule has 0 spiro atoms. The average Bonchev–Trinajstić information content (AvgIpc) is 2.96. The number of imide groups is 1. The summed E-state index contributed by atoms with van der Waals surface area (Å²) in [7, 11) is 0. The maximum absolute atomic E-state index is 12.4. The summed E-state index contributed by atoms with van der Waals surface area (Å²) in [5.74, 6) is -1.04. The molecule has 2 fully saturated rings. The molecule has 1 heterocycles. The number of ether oxygens (including phenoxy) is 1. The van der Waals surface area contributed by atoms with Crippen LogP contribution in [0.3, 0.4) is 0 Å². The molecule has 8 heteroatoms. The van der Waals surface area contributed by atoms with Crippen LogP contribution in [0.25, 0.3) is 0 Å². The Morgan fingerprint density at radius 1 is 1.04 bits per heavy atom. The lowest BCUT2D eigenvalue weighted by molar-refractivity contribution is -0.140. The maximum atomic E-state index is 12.4. The highest BCUT2D eigenvalue weighted by Crippen LogP contribution is 2.37. The zero-order valence-corrected chi connectivity index (χ0v) is 15.9. The molecule has 28 heavy (non-hydrogen) atoms. The molecule has 2 atom stereocenters. The summed E-state index contributed by atoms with van der Waals surface area (Å²) in [5.41, 5.74) is 5.02. The number of likely N-dealkylation sites (tertiary alicyclic amines) is 1. The van der Waals surface area contributed by atoms with Crippen molar-refractivity contribution in [3.8, 4) is 5.75 Å². The van der Waals surface area contributed by atoms with E-state index in [1.54, 1.807) is 24.3 Å². The highest BCUT2D eigenvalue weighted by Gasteiger charge is 2.47. The lowest BCUT2D eigenvalue weighted by Crippen LogP contribution is -2.43. The van der Waals surface area contributed by atoms with E-state index in [1.807, 2.05) is 6.92 Å². The van der Waals surface area contributed by atoms with Crippen LogP contribution < -0.4 is 15.6 Å². The first kappa shape index (κ1) is 19.9. The minimum atomic E-state index is -0.463. The number of carbonyl (C=O) groups excluding carboxylic acids is 4. The Hall–Kier alpha value is -2.90. The zero-order chi connectivity index (χ0) is 20.1. The summed E-state index contributed by atoms with van der Waals surface area (Å²) in [6.45, 7) is 2.44. The highest BCUT2D eigenvalue weighted by atomic mass is 16.5. The Kier molecular flexibility index (Phi) is 6.28. The van der Waals surface area contributed by atoms with Gasteiger partial charge in [0.2, 0.25) is 17.7 Å². The Morgan fingerprint density at radius 3 is 2.21 bits per heavy atom. The Labute approximate surface area is 163 Å². The van der Waals surface area contributed by atoms with Crippen molar-refractivity contribution in [1.82, 2.24) is 15.8 Å². The third kappa shape index (κ3) is 4.32. The second-order valence-electron chi connectivity index (χ2n) is 7.04. The standard InChI is InChI=1S/C20H25N3O5/c1-2-28-14-9-7-13(8-10-14)18(25)22-21-17(24)11-12-23-19(26)15-5-3-4-6-16(15)20(23)27/h7-10,15-16H,2-6,11-12H2,1H3,(H,21,24)(H,22,25)/t15-,16+. The lowest BCUT2D eigenvalue weighted by Gasteiger charge is -2.19. The van der Waals surface area contributed by atoms with Crippen molar-refractivity contribution in [3.63, 3.8) is 0 Å². The predicted octanol–water partition coefficient (Wildman–Crippen LogP) is 1.41. The van der Waals surface area contributed by atoms with E-state index in [9.17, 15) is 19.2 Å². The van der Waals surface area contributed by atoms with Crippen molar-refractivity contribution in [2.24, 2.45) is 11.8 Å². The normalized spacial score (nSPS) is 21.2. The van der Waals surface area contributed by atoms with Gasteiger partial charge in [-0.15, -0.1) is 0 Å². The van der Waals surface area contributed by atoms with Crippen LogP contribution in [-0.4, -0.2) is 41.7 Å². The summed E-state index contributed by atoms with van der Waals surface area (Å²) in [5, 5.41) is 0. The summed E-state index contributed by atoms with van der Waals surface area (Å²) >= 11 is 0. The monoisotopic (exact) mass is 387 g/mol. The van der Waals surface area contributed by atoms with Gasteiger partial charge < -0.3 is 4.74 Å². The van der Waals surface area contributed by atoms with Crippen LogP contribution in [0, 0.1) is 11.8 Å². The fourth-order valence-corrected chi connectivity index (χ4v) is 3.80.